The van der Waals surface area contributed by atoms with Gasteiger partial charge >= 0.3 is 0 Å². The Balaban J connectivity index is 2.83. The van der Waals surface area contributed by atoms with E-state index in [1.165, 1.54) is 40.0 Å². The Morgan fingerprint density at radius 1 is 1.17 bits per heavy atom. The van der Waals surface area contributed by atoms with E-state index in [2.05, 4.69) is 90.2 Å². The molecule has 1 unspecified atom stereocenters. The lowest BCUT2D eigenvalue weighted by atomic mass is 9.95. The van der Waals surface area contributed by atoms with Crippen molar-refractivity contribution in [1.29, 1.82) is 0 Å². The van der Waals surface area contributed by atoms with Crippen molar-refractivity contribution < 1.29 is 0 Å². The third kappa shape index (κ3) is 6.03. The van der Waals surface area contributed by atoms with E-state index < -0.39 is 0 Å². The molecule has 132 valence electrons. The second-order valence-electron chi connectivity index (χ2n) is 6.84. The molecule has 1 heteroatoms. The highest BCUT2D eigenvalue weighted by Crippen LogP contribution is 2.22. The van der Waals surface area contributed by atoms with E-state index in [1.54, 1.807) is 0 Å². The van der Waals surface area contributed by atoms with Gasteiger partial charge in [-0.15, -0.1) is 0 Å². The molecule has 0 spiro atoms. The molecule has 0 aliphatic heterocycles. The van der Waals surface area contributed by atoms with Gasteiger partial charge in [-0.2, -0.15) is 0 Å². The fourth-order valence-electron chi connectivity index (χ4n) is 3.03. The van der Waals surface area contributed by atoms with Crippen molar-refractivity contribution >= 4 is 5.57 Å². The fourth-order valence-corrected chi connectivity index (χ4v) is 3.03. The molecule has 1 N–H and O–H groups in total. The van der Waals surface area contributed by atoms with Crippen molar-refractivity contribution in [2.45, 2.75) is 73.8 Å². The van der Waals surface area contributed by atoms with Gasteiger partial charge in [-0.25, -0.2) is 0 Å². The highest BCUT2D eigenvalue weighted by atomic mass is 14.9. The Kier molecular flexibility index (Phi) is 8.60. The zero-order valence-electron chi connectivity index (χ0n) is 16.7. The van der Waals surface area contributed by atoms with E-state index in [4.69, 9.17) is 0 Å². The Bertz CT molecular complexity index is 613. The minimum atomic E-state index is 0.339. The van der Waals surface area contributed by atoms with Gasteiger partial charge in [-0.3, -0.25) is 0 Å². The summed E-state index contributed by atoms with van der Waals surface area (Å²) in [5.41, 5.74) is 8.30. The monoisotopic (exact) mass is 325 g/mol. The lowest BCUT2D eigenvalue weighted by Crippen LogP contribution is -2.23. The van der Waals surface area contributed by atoms with Crippen LogP contribution in [-0.2, 0) is 6.42 Å². The predicted molar refractivity (Wildman–Crippen MR) is 109 cm³/mol. The Morgan fingerprint density at radius 2 is 1.88 bits per heavy atom. The number of aryl methyl sites for hydroxylation is 1. The molecule has 0 aliphatic rings. The van der Waals surface area contributed by atoms with Crippen LogP contribution in [-0.4, -0.2) is 6.04 Å². The van der Waals surface area contributed by atoms with E-state index in [0.29, 0.717) is 6.04 Å². The van der Waals surface area contributed by atoms with Crippen molar-refractivity contribution in [3.8, 4) is 0 Å². The van der Waals surface area contributed by atoms with Gasteiger partial charge in [0.15, 0.2) is 0 Å². The van der Waals surface area contributed by atoms with Gasteiger partial charge in [-0.05, 0) is 69.7 Å². The number of benzene rings is 1. The van der Waals surface area contributed by atoms with Crippen LogP contribution in [0.5, 0.6) is 0 Å². The molecule has 0 radical (unpaired) electrons. The molecule has 0 amide bonds. The molecular weight excluding hydrogens is 290 g/mol. The van der Waals surface area contributed by atoms with Crippen molar-refractivity contribution in [2.75, 3.05) is 0 Å². The molecule has 0 fully saturated rings. The van der Waals surface area contributed by atoms with Crippen LogP contribution in [0.2, 0.25) is 0 Å². The summed E-state index contributed by atoms with van der Waals surface area (Å²) in [7, 11) is 0. The van der Waals surface area contributed by atoms with Crippen LogP contribution >= 0.6 is 0 Å². The zero-order valence-corrected chi connectivity index (χ0v) is 16.7. The third-order valence-electron chi connectivity index (χ3n) is 4.50. The lowest BCUT2D eigenvalue weighted by Gasteiger charge is -2.15. The summed E-state index contributed by atoms with van der Waals surface area (Å²) in [6, 6.07) is 7.00. The van der Waals surface area contributed by atoms with E-state index in [9.17, 15) is 0 Å². The smallest absolute Gasteiger partial charge is 0.0416 e. The number of nitrogens with one attached hydrogen (secondary N) is 1. The molecule has 0 bridgehead atoms. The van der Waals surface area contributed by atoms with Gasteiger partial charge in [0.1, 0.15) is 0 Å². The SMILES string of the molecule is CCCc1cccc(/C(C)=C/C=C\C(C)NC(CC)=C(C)C)c1C. The summed E-state index contributed by atoms with van der Waals surface area (Å²) in [6.07, 6.45) is 10.0. The van der Waals surface area contributed by atoms with Crippen LogP contribution in [0.4, 0.5) is 0 Å². The highest BCUT2D eigenvalue weighted by Gasteiger charge is 2.04. The fraction of sp³-hybridized carbons (Fsp3) is 0.478. The van der Waals surface area contributed by atoms with E-state index in [1.807, 2.05) is 0 Å². The average Bonchev–Trinajstić information content (AvgIpc) is 2.54. The molecule has 0 saturated carbocycles. The van der Waals surface area contributed by atoms with Crippen LogP contribution in [0.25, 0.3) is 5.57 Å². The third-order valence-corrected chi connectivity index (χ3v) is 4.50. The van der Waals surface area contributed by atoms with E-state index >= 15 is 0 Å². The molecule has 1 aromatic carbocycles. The Labute approximate surface area is 149 Å². The van der Waals surface area contributed by atoms with Crippen LogP contribution in [0.1, 0.15) is 71.1 Å². The van der Waals surface area contributed by atoms with Crippen molar-refractivity contribution in [1.82, 2.24) is 5.32 Å². The first-order valence-corrected chi connectivity index (χ1v) is 9.27. The molecule has 0 aliphatic carbocycles. The highest BCUT2D eigenvalue weighted by molar-refractivity contribution is 5.68. The Morgan fingerprint density at radius 3 is 2.46 bits per heavy atom. The summed E-state index contributed by atoms with van der Waals surface area (Å²) in [6.45, 7) is 15.4. The maximum Gasteiger partial charge on any atom is 0.0416 e. The second-order valence-corrected chi connectivity index (χ2v) is 6.84. The van der Waals surface area contributed by atoms with Gasteiger partial charge in [0.2, 0.25) is 0 Å². The largest absolute Gasteiger partial charge is 0.382 e. The minimum absolute atomic E-state index is 0.339. The molecular formula is C23H35N. The number of allylic oxidation sites excluding steroid dienone is 5. The maximum absolute atomic E-state index is 3.58. The number of rotatable bonds is 8. The van der Waals surface area contributed by atoms with Gasteiger partial charge < -0.3 is 5.32 Å². The van der Waals surface area contributed by atoms with Crippen LogP contribution in [0.3, 0.4) is 0 Å². The second kappa shape index (κ2) is 10.2. The molecule has 1 atom stereocenters. The first-order chi connectivity index (χ1) is 11.4. The minimum Gasteiger partial charge on any atom is -0.382 e. The molecule has 0 saturated heterocycles. The average molecular weight is 326 g/mol. The van der Waals surface area contributed by atoms with Gasteiger partial charge in [0.25, 0.3) is 0 Å². The number of hydrogen-bond donors (Lipinski definition) is 1. The van der Waals surface area contributed by atoms with Crippen molar-refractivity contribution in [3.63, 3.8) is 0 Å². The van der Waals surface area contributed by atoms with Crippen LogP contribution in [0, 0.1) is 6.92 Å². The summed E-state index contributed by atoms with van der Waals surface area (Å²) in [4.78, 5) is 0. The standard InChI is InChI=1S/C23H35N/c1-8-12-21-15-11-16-22(20(21)7)18(5)13-10-14-19(6)24-23(9-2)17(3)4/h10-11,13-16,19,24H,8-9,12H2,1-7H3/b14-10-,18-13+. The summed E-state index contributed by atoms with van der Waals surface area (Å²) in [5, 5.41) is 3.58. The predicted octanol–water partition coefficient (Wildman–Crippen LogP) is 6.59. The molecule has 1 nitrogen and oxygen atoms in total. The quantitative estimate of drug-likeness (QED) is 0.532. The van der Waals surface area contributed by atoms with Gasteiger partial charge in [0.05, 0.1) is 0 Å². The molecule has 0 aromatic heterocycles. The number of hydrogen-bond acceptors (Lipinski definition) is 1. The van der Waals surface area contributed by atoms with E-state index in [0.717, 1.165) is 12.8 Å². The van der Waals surface area contributed by atoms with Crippen molar-refractivity contribution in [3.05, 3.63) is 64.4 Å². The molecule has 0 heterocycles. The topological polar surface area (TPSA) is 12.0 Å². The maximum atomic E-state index is 3.58. The van der Waals surface area contributed by atoms with Crippen LogP contribution in [0.15, 0.2) is 47.7 Å². The molecule has 24 heavy (non-hydrogen) atoms. The first-order valence-electron chi connectivity index (χ1n) is 9.27. The normalized spacial score (nSPS) is 13.2. The summed E-state index contributed by atoms with van der Waals surface area (Å²) < 4.78 is 0. The summed E-state index contributed by atoms with van der Waals surface area (Å²) >= 11 is 0. The van der Waals surface area contributed by atoms with E-state index in [-0.39, 0.29) is 0 Å². The molecule has 1 aromatic rings. The summed E-state index contributed by atoms with van der Waals surface area (Å²) in [5.74, 6) is 0. The lowest BCUT2D eigenvalue weighted by molar-refractivity contribution is 0.693. The first kappa shape index (κ1) is 20.3. The van der Waals surface area contributed by atoms with Gasteiger partial charge in [0, 0.05) is 11.7 Å². The van der Waals surface area contributed by atoms with Crippen molar-refractivity contribution in [2.24, 2.45) is 0 Å². The molecule has 1 rings (SSSR count). The zero-order chi connectivity index (χ0) is 18.1. The van der Waals surface area contributed by atoms with Gasteiger partial charge in [-0.1, -0.05) is 62.3 Å². The van der Waals surface area contributed by atoms with Crippen LogP contribution < -0.4 is 5.32 Å². The Hall–Kier alpha value is -1.76.